The van der Waals surface area contributed by atoms with Crippen molar-refractivity contribution in [3.8, 4) is 11.1 Å². The van der Waals surface area contributed by atoms with Crippen LogP contribution >= 0.6 is 0 Å². The van der Waals surface area contributed by atoms with Gasteiger partial charge >= 0.3 is 0 Å². The highest BCUT2D eigenvalue weighted by molar-refractivity contribution is 5.91. The molecule has 0 amide bonds. The van der Waals surface area contributed by atoms with Crippen LogP contribution in [0.1, 0.15) is 75.0 Å². The lowest BCUT2D eigenvalue weighted by atomic mass is 9.89. The second-order valence-electron chi connectivity index (χ2n) is 8.30. The van der Waals surface area contributed by atoms with Crippen LogP contribution in [0.5, 0.6) is 0 Å². The molecule has 28 heavy (non-hydrogen) atoms. The van der Waals surface area contributed by atoms with Crippen molar-refractivity contribution in [1.82, 2.24) is 0 Å². The minimum absolute atomic E-state index is 0.460. The van der Waals surface area contributed by atoms with E-state index in [-0.39, 0.29) is 0 Å². The summed E-state index contributed by atoms with van der Waals surface area (Å²) in [5, 5.41) is 2.39. The summed E-state index contributed by atoms with van der Waals surface area (Å²) in [6, 6.07) is 13.5. The van der Waals surface area contributed by atoms with Crippen LogP contribution in [0.3, 0.4) is 0 Å². The topological polar surface area (TPSA) is 26.3 Å². The molecule has 0 radical (unpaired) electrons. The lowest BCUT2D eigenvalue weighted by Gasteiger charge is -2.15. The summed E-state index contributed by atoms with van der Waals surface area (Å²) in [6.07, 6.45) is 2.19. The molecular formula is C26H30O2. The minimum Gasteiger partial charge on any atom is -0.461 e. The van der Waals surface area contributed by atoms with Gasteiger partial charge in [0.05, 0.1) is 0 Å². The van der Waals surface area contributed by atoms with Crippen LogP contribution in [-0.4, -0.2) is 0 Å². The van der Waals surface area contributed by atoms with Gasteiger partial charge in [-0.25, -0.2) is 0 Å². The Morgan fingerprint density at radius 2 is 1.04 bits per heavy atom. The highest BCUT2D eigenvalue weighted by Gasteiger charge is 2.18. The van der Waals surface area contributed by atoms with Crippen molar-refractivity contribution < 1.29 is 8.83 Å². The maximum absolute atomic E-state index is 6.05. The van der Waals surface area contributed by atoms with E-state index >= 15 is 0 Å². The van der Waals surface area contributed by atoms with E-state index in [2.05, 4.69) is 64.1 Å². The molecule has 0 saturated heterocycles. The summed E-state index contributed by atoms with van der Waals surface area (Å²) in [6.45, 7) is 13.1. The zero-order valence-electron chi connectivity index (χ0n) is 17.8. The van der Waals surface area contributed by atoms with Gasteiger partial charge in [-0.2, -0.15) is 0 Å². The number of hydrogen-bond donors (Lipinski definition) is 0. The minimum atomic E-state index is 0.460. The molecule has 0 bridgehead atoms. The quantitative estimate of drug-likeness (QED) is 0.350. The van der Waals surface area contributed by atoms with Crippen molar-refractivity contribution in [3.63, 3.8) is 0 Å². The molecule has 2 aromatic heterocycles. The molecule has 0 aliphatic rings. The van der Waals surface area contributed by atoms with Gasteiger partial charge in [-0.15, -0.1) is 0 Å². The van der Waals surface area contributed by atoms with Crippen molar-refractivity contribution in [2.45, 2.75) is 66.2 Å². The average molecular weight is 375 g/mol. The van der Waals surface area contributed by atoms with Crippen molar-refractivity contribution in [3.05, 3.63) is 59.0 Å². The third kappa shape index (κ3) is 3.15. The van der Waals surface area contributed by atoms with Crippen molar-refractivity contribution in [2.24, 2.45) is 0 Å². The smallest absolute Gasteiger partial charge is 0.137 e. The molecule has 2 atom stereocenters. The standard InChI is InChI=1S/C26H30O2/c1-7-15(3)23-13-19(11-21-9-17(5)27-25(21)23)20-12-22-10-18(6)28-26(22)24(14-20)16(4)8-2/h9-16H,7-8H2,1-6H3. The van der Waals surface area contributed by atoms with Gasteiger partial charge in [-0.3, -0.25) is 0 Å². The van der Waals surface area contributed by atoms with Gasteiger partial charge in [-0.05, 0) is 97.2 Å². The number of rotatable bonds is 5. The molecule has 2 heterocycles. The van der Waals surface area contributed by atoms with Crippen molar-refractivity contribution in [2.75, 3.05) is 0 Å². The van der Waals surface area contributed by atoms with Gasteiger partial charge in [0.2, 0.25) is 0 Å². The van der Waals surface area contributed by atoms with E-state index in [1.807, 2.05) is 13.8 Å². The summed E-state index contributed by atoms with van der Waals surface area (Å²) in [5.74, 6) is 2.86. The number of aryl methyl sites for hydroxylation is 2. The fourth-order valence-electron chi connectivity index (χ4n) is 4.12. The Hall–Kier alpha value is -2.48. The SMILES string of the molecule is CCC(C)c1cc(-c2cc(C(C)CC)c3oc(C)cc3c2)cc2cc(C)oc12. The van der Waals surface area contributed by atoms with Crippen LogP contribution < -0.4 is 0 Å². The molecule has 2 aromatic carbocycles. The average Bonchev–Trinajstić information content (AvgIpc) is 3.25. The van der Waals surface area contributed by atoms with Gasteiger partial charge in [0.1, 0.15) is 22.7 Å². The Labute approximate surface area is 167 Å². The van der Waals surface area contributed by atoms with E-state index in [0.29, 0.717) is 11.8 Å². The molecule has 0 saturated carbocycles. The lowest BCUT2D eigenvalue weighted by molar-refractivity contribution is 0.568. The highest BCUT2D eigenvalue weighted by atomic mass is 16.3. The lowest BCUT2D eigenvalue weighted by Crippen LogP contribution is -1.95. The summed E-state index contributed by atoms with van der Waals surface area (Å²) >= 11 is 0. The molecule has 0 aliphatic heterocycles. The van der Waals surface area contributed by atoms with E-state index in [0.717, 1.165) is 35.5 Å². The van der Waals surface area contributed by atoms with E-state index in [4.69, 9.17) is 8.83 Å². The van der Waals surface area contributed by atoms with E-state index in [1.165, 1.54) is 33.0 Å². The summed E-state index contributed by atoms with van der Waals surface area (Å²) < 4.78 is 12.1. The fourth-order valence-corrected chi connectivity index (χ4v) is 4.12. The molecule has 2 unspecified atom stereocenters. The molecule has 0 fully saturated rings. The van der Waals surface area contributed by atoms with Crippen molar-refractivity contribution in [1.29, 1.82) is 0 Å². The second kappa shape index (κ2) is 7.16. The Morgan fingerprint density at radius 3 is 1.39 bits per heavy atom. The fraction of sp³-hybridized carbons (Fsp3) is 0.385. The van der Waals surface area contributed by atoms with Gasteiger partial charge in [0, 0.05) is 10.8 Å². The van der Waals surface area contributed by atoms with E-state index < -0.39 is 0 Å². The van der Waals surface area contributed by atoms with Gasteiger partial charge in [0.15, 0.2) is 0 Å². The summed E-state index contributed by atoms with van der Waals surface area (Å²) in [7, 11) is 0. The molecular weight excluding hydrogens is 344 g/mol. The molecule has 146 valence electrons. The maximum Gasteiger partial charge on any atom is 0.137 e. The molecule has 0 spiro atoms. The largest absolute Gasteiger partial charge is 0.461 e. The first-order valence-corrected chi connectivity index (χ1v) is 10.5. The van der Waals surface area contributed by atoms with Gasteiger partial charge < -0.3 is 8.83 Å². The predicted molar refractivity (Wildman–Crippen MR) is 118 cm³/mol. The van der Waals surface area contributed by atoms with Crippen LogP contribution in [0, 0.1) is 13.8 Å². The van der Waals surface area contributed by atoms with Crippen LogP contribution in [0.4, 0.5) is 0 Å². The first kappa shape index (κ1) is 18.9. The Bertz CT molecular complexity index is 1050. The zero-order chi connectivity index (χ0) is 20.0. The Balaban J connectivity index is 1.98. The Morgan fingerprint density at radius 1 is 0.643 bits per heavy atom. The molecule has 2 heteroatoms. The van der Waals surface area contributed by atoms with E-state index in [1.54, 1.807) is 0 Å². The van der Waals surface area contributed by atoms with Crippen LogP contribution in [-0.2, 0) is 0 Å². The summed E-state index contributed by atoms with van der Waals surface area (Å²) in [5.41, 5.74) is 7.20. The number of furan rings is 2. The number of hydrogen-bond acceptors (Lipinski definition) is 2. The third-order valence-electron chi connectivity index (χ3n) is 6.16. The maximum atomic E-state index is 6.05. The van der Waals surface area contributed by atoms with Crippen LogP contribution in [0.2, 0.25) is 0 Å². The predicted octanol–water partition coefficient (Wildman–Crippen LogP) is 8.49. The molecule has 4 rings (SSSR count). The number of fused-ring (bicyclic) bond motifs is 2. The van der Waals surface area contributed by atoms with Crippen molar-refractivity contribution >= 4 is 21.9 Å². The van der Waals surface area contributed by atoms with E-state index in [9.17, 15) is 0 Å². The molecule has 0 N–H and O–H groups in total. The molecule has 0 aliphatic carbocycles. The normalized spacial score (nSPS) is 14.1. The van der Waals surface area contributed by atoms with Gasteiger partial charge in [-0.1, -0.05) is 27.7 Å². The van der Waals surface area contributed by atoms with Gasteiger partial charge in [0.25, 0.3) is 0 Å². The number of benzene rings is 2. The Kier molecular flexibility index (Phi) is 4.82. The monoisotopic (exact) mass is 374 g/mol. The highest BCUT2D eigenvalue weighted by Crippen LogP contribution is 2.38. The zero-order valence-corrected chi connectivity index (χ0v) is 17.8. The van der Waals surface area contributed by atoms with Crippen LogP contribution in [0.15, 0.2) is 45.2 Å². The third-order valence-corrected chi connectivity index (χ3v) is 6.16. The first-order chi connectivity index (χ1) is 13.4. The van der Waals surface area contributed by atoms with Crippen LogP contribution in [0.25, 0.3) is 33.1 Å². The first-order valence-electron chi connectivity index (χ1n) is 10.5. The second-order valence-corrected chi connectivity index (χ2v) is 8.30. The summed E-state index contributed by atoms with van der Waals surface area (Å²) in [4.78, 5) is 0. The molecule has 2 nitrogen and oxygen atoms in total. The molecule has 4 aromatic rings.